The second kappa shape index (κ2) is 10.1. The number of aromatic nitrogens is 1. The number of hydrogen-bond acceptors (Lipinski definition) is 5. The van der Waals surface area contributed by atoms with Gasteiger partial charge < -0.3 is 10.4 Å². The van der Waals surface area contributed by atoms with Gasteiger partial charge in [-0.25, -0.2) is 0 Å². The zero-order chi connectivity index (χ0) is 20.7. The normalized spacial score (nSPS) is 15.3. The van der Waals surface area contributed by atoms with E-state index in [1.165, 1.54) is 24.1 Å². The summed E-state index contributed by atoms with van der Waals surface area (Å²) in [5.74, 6) is -0.768. The van der Waals surface area contributed by atoms with Crippen molar-refractivity contribution in [2.24, 2.45) is 5.41 Å². The van der Waals surface area contributed by atoms with E-state index < -0.39 is 22.1 Å². The molecule has 3 N–H and O–H groups in total. The summed E-state index contributed by atoms with van der Waals surface area (Å²) in [5, 5.41) is 12.5. The van der Waals surface area contributed by atoms with E-state index >= 15 is 0 Å². The van der Waals surface area contributed by atoms with Crippen LogP contribution in [0.2, 0.25) is 0 Å². The van der Waals surface area contributed by atoms with Crippen LogP contribution in [0, 0.1) is 5.41 Å². The van der Waals surface area contributed by atoms with E-state index in [1.54, 1.807) is 0 Å². The molecule has 1 aliphatic rings. The van der Waals surface area contributed by atoms with Crippen LogP contribution in [-0.2, 0) is 34.3 Å². The molecule has 0 spiro atoms. The van der Waals surface area contributed by atoms with Gasteiger partial charge in [-0.15, -0.1) is 0 Å². The Morgan fingerprint density at radius 2 is 1.89 bits per heavy atom. The summed E-state index contributed by atoms with van der Waals surface area (Å²) in [7, 11) is -3.67. The molecule has 0 aromatic carbocycles. The maximum atomic E-state index is 11.4. The second-order valence-corrected chi connectivity index (χ2v) is 9.73. The Bertz CT molecular complexity index is 718. The van der Waals surface area contributed by atoms with Crippen molar-refractivity contribution in [1.29, 1.82) is 0 Å². The van der Waals surface area contributed by atoms with Crippen LogP contribution in [-0.4, -0.2) is 41.3 Å². The monoisotopic (exact) mass is 400 g/mol. The minimum atomic E-state index is -3.67. The first-order valence-corrected chi connectivity index (χ1v) is 11.1. The lowest BCUT2D eigenvalue weighted by atomic mass is 9.88. The van der Waals surface area contributed by atoms with Crippen LogP contribution in [0.5, 0.6) is 0 Å². The van der Waals surface area contributed by atoms with Crippen LogP contribution in [0.25, 0.3) is 0 Å². The largest absolute Gasteiger partial charge is 0.480 e. The van der Waals surface area contributed by atoms with Gasteiger partial charge in [-0.3, -0.25) is 14.3 Å². The number of pyridine rings is 1. The van der Waals surface area contributed by atoms with Crippen molar-refractivity contribution in [2.45, 2.75) is 71.9 Å². The third kappa shape index (κ3) is 11.0. The van der Waals surface area contributed by atoms with Crippen molar-refractivity contribution in [2.75, 3.05) is 6.26 Å². The number of nitrogens with one attached hydrogen (secondary N) is 1. The summed E-state index contributed by atoms with van der Waals surface area (Å²) in [5.41, 5.74) is 3.80. The number of carboxylic acids is 1. The molecule has 7 nitrogen and oxygen atoms in total. The van der Waals surface area contributed by atoms with Gasteiger partial charge in [0.25, 0.3) is 10.1 Å². The molecule has 2 rings (SSSR count). The number of nitrogens with zero attached hydrogens (tertiary/aromatic N) is 1. The number of rotatable bonds is 6. The van der Waals surface area contributed by atoms with Crippen LogP contribution >= 0.6 is 0 Å². The lowest BCUT2D eigenvalue weighted by molar-refractivity contribution is -0.139. The van der Waals surface area contributed by atoms with E-state index in [-0.39, 0.29) is 5.41 Å². The Kier molecular flexibility index (Phi) is 8.84. The molecule has 0 amide bonds. The van der Waals surface area contributed by atoms with Crippen LogP contribution < -0.4 is 5.32 Å². The van der Waals surface area contributed by atoms with Crippen molar-refractivity contribution >= 4 is 16.1 Å². The van der Waals surface area contributed by atoms with Gasteiger partial charge in [-0.1, -0.05) is 26.8 Å². The quantitative estimate of drug-likeness (QED) is 0.629. The van der Waals surface area contributed by atoms with Crippen molar-refractivity contribution in [1.82, 2.24) is 10.3 Å². The molecule has 0 radical (unpaired) electrons. The van der Waals surface area contributed by atoms with E-state index in [9.17, 15) is 18.3 Å². The Labute approximate surface area is 162 Å². The van der Waals surface area contributed by atoms with Gasteiger partial charge in [0.2, 0.25) is 0 Å². The van der Waals surface area contributed by atoms with Crippen molar-refractivity contribution < 1.29 is 22.9 Å². The highest BCUT2D eigenvalue weighted by atomic mass is 32.2. The van der Waals surface area contributed by atoms with E-state index in [0.717, 1.165) is 24.8 Å². The lowest BCUT2D eigenvalue weighted by Crippen LogP contribution is -2.37. The average molecular weight is 401 g/mol. The fourth-order valence-electron chi connectivity index (χ4n) is 2.87. The van der Waals surface area contributed by atoms with E-state index in [4.69, 9.17) is 4.55 Å². The highest BCUT2D eigenvalue weighted by Crippen LogP contribution is 2.22. The average Bonchev–Trinajstić information content (AvgIpc) is 2.51. The first kappa shape index (κ1) is 23.5. The molecular weight excluding hydrogens is 368 g/mol. The Hall–Kier alpha value is -1.51. The number of fused-ring (bicyclic) bond motifs is 1. The number of carbonyl (C=O) groups is 1. The van der Waals surface area contributed by atoms with Crippen LogP contribution in [0.15, 0.2) is 12.3 Å². The topological polar surface area (TPSA) is 117 Å². The fourth-order valence-corrected chi connectivity index (χ4v) is 2.87. The van der Waals surface area contributed by atoms with Gasteiger partial charge in [0.1, 0.15) is 6.04 Å². The lowest BCUT2D eigenvalue weighted by Gasteiger charge is -2.22. The minimum Gasteiger partial charge on any atom is -0.480 e. The highest BCUT2D eigenvalue weighted by Gasteiger charge is 2.20. The zero-order valence-electron chi connectivity index (χ0n) is 16.7. The summed E-state index contributed by atoms with van der Waals surface area (Å²) in [4.78, 5) is 15.9. The minimum absolute atomic E-state index is 0.156. The van der Waals surface area contributed by atoms with Crippen LogP contribution in [0.4, 0.5) is 0 Å². The molecule has 0 unspecified atom stereocenters. The molecule has 0 saturated heterocycles. The summed E-state index contributed by atoms with van der Waals surface area (Å²) in [6.07, 6.45) is 8.78. The van der Waals surface area contributed by atoms with Gasteiger partial charge in [0, 0.05) is 18.4 Å². The first-order valence-electron chi connectivity index (χ1n) is 9.20. The smallest absolute Gasteiger partial charge is 0.320 e. The summed E-state index contributed by atoms with van der Waals surface area (Å²) in [6, 6.07) is 1.70. The first-order chi connectivity index (χ1) is 12.3. The molecule has 1 aliphatic carbocycles. The molecule has 0 bridgehead atoms. The zero-order valence-corrected chi connectivity index (χ0v) is 17.5. The van der Waals surface area contributed by atoms with Gasteiger partial charge >= 0.3 is 5.97 Å². The van der Waals surface area contributed by atoms with Crippen molar-refractivity contribution in [3.05, 3.63) is 29.1 Å². The molecule has 1 aromatic rings. The van der Waals surface area contributed by atoms with Crippen LogP contribution in [0.3, 0.4) is 0 Å². The Balaban J connectivity index is 0.000000646. The predicted molar refractivity (Wildman–Crippen MR) is 105 cm³/mol. The molecule has 1 atom stereocenters. The molecule has 0 fully saturated rings. The standard InChI is InChI=1S/C18H28N2O2.CH4O3S/c1-18(2,3)9-8-16(17(21)22)20-12-13-10-14-6-4-5-7-15(14)19-11-13;1-5(2,3)4/h10-11,16,20H,4-9,12H2,1-3H3,(H,21,22);1H3,(H,2,3,4)/t16-;/m0./s1. The van der Waals surface area contributed by atoms with Crippen LogP contribution in [0.1, 0.15) is 63.3 Å². The van der Waals surface area contributed by atoms with E-state index in [0.29, 0.717) is 19.2 Å². The molecule has 0 aliphatic heterocycles. The third-order valence-electron chi connectivity index (χ3n) is 4.26. The molecule has 1 heterocycles. The van der Waals surface area contributed by atoms with Crippen molar-refractivity contribution in [3.63, 3.8) is 0 Å². The third-order valence-corrected chi connectivity index (χ3v) is 4.26. The summed E-state index contributed by atoms with van der Waals surface area (Å²) in [6.45, 7) is 6.99. The van der Waals surface area contributed by atoms with Gasteiger partial charge in [0.05, 0.1) is 6.26 Å². The molecular formula is C19H32N2O5S. The van der Waals surface area contributed by atoms with E-state index in [2.05, 4.69) is 37.1 Å². The number of carboxylic acid groups (broad SMARTS) is 1. The highest BCUT2D eigenvalue weighted by molar-refractivity contribution is 7.85. The maximum absolute atomic E-state index is 11.4. The molecule has 154 valence electrons. The summed E-state index contributed by atoms with van der Waals surface area (Å²) < 4.78 is 25.9. The Morgan fingerprint density at radius 3 is 2.44 bits per heavy atom. The molecule has 8 heteroatoms. The number of hydrogen-bond donors (Lipinski definition) is 3. The van der Waals surface area contributed by atoms with Gasteiger partial charge in [-0.05, 0) is 55.1 Å². The second-order valence-electron chi connectivity index (χ2n) is 8.26. The summed E-state index contributed by atoms with van der Waals surface area (Å²) >= 11 is 0. The Morgan fingerprint density at radius 1 is 1.30 bits per heavy atom. The number of aliphatic carboxylic acids is 1. The SMILES string of the molecule is CC(C)(C)CC[C@H](NCc1cnc2c(c1)CCCC2)C(=O)O.CS(=O)(=O)O. The molecule has 27 heavy (non-hydrogen) atoms. The van der Waals surface area contributed by atoms with E-state index in [1.807, 2.05) is 6.20 Å². The van der Waals surface area contributed by atoms with Gasteiger partial charge in [-0.2, -0.15) is 8.42 Å². The fraction of sp³-hybridized carbons (Fsp3) is 0.684. The molecule has 1 aromatic heterocycles. The van der Waals surface area contributed by atoms with Gasteiger partial charge in [0.15, 0.2) is 0 Å². The maximum Gasteiger partial charge on any atom is 0.320 e. The van der Waals surface area contributed by atoms with Crippen molar-refractivity contribution in [3.8, 4) is 0 Å². The molecule has 0 saturated carbocycles. The number of aryl methyl sites for hydroxylation is 2. The predicted octanol–water partition coefficient (Wildman–Crippen LogP) is 2.83.